The maximum atomic E-state index is 12.3. The molecule has 2 rings (SSSR count). The van der Waals surface area contributed by atoms with Gasteiger partial charge in [0, 0.05) is 24.0 Å². The van der Waals surface area contributed by atoms with Crippen molar-refractivity contribution in [1.29, 1.82) is 0 Å². The summed E-state index contributed by atoms with van der Waals surface area (Å²) in [5.74, 6) is 0.0515. The fourth-order valence-corrected chi connectivity index (χ4v) is 3.82. The molecule has 1 fully saturated rings. The first kappa shape index (κ1) is 17.4. The van der Waals surface area contributed by atoms with Crippen LogP contribution in [0.3, 0.4) is 0 Å². The number of nitrogens with zero attached hydrogens (tertiary/aromatic N) is 1. The van der Waals surface area contributed by atoms with Gasteiger partial charge in [-0.25, -0.2) is 0 Å². The fourth-order valence-electron chi connectivity index (χ4n) is 3.23. The normalized spacial score (nSPS) is 19.1. The lowest BCUT2D eigenvalue weighted by atomic mass is 10.00. The van der Waals surface area contributed by atoms with Gasteiger partial charge >= 0.3 is 0 Å². The van der Waals surface area contributed by atoms with Crippen molar-refractivity contribution >= 4 is 17.7 Å². The van der Waals surface area contributed by atoms with Crippen LogP contribution in [0.2, 0.25) is 0 Å². The second-order valence-electron chi connectivity index (χ2n) is 5.90. The Balaban J connectivity index is 1.75. The summed E-state index contributed by atoms with van der Waals surface area (Å²) in [5, 5.41) is 3.07. The Morgan fingerprint density at radius 1 is 1.36 bits per heavy atom. The van der Waals surface area contributed by atoms with Gasteiger partial charge in [0.2, 0.25) is 0 Å². The van der Waals surface area contributed by atoms with E-state index in [0.29, 0.717) is 0 Å². The van der Waals surface area contributed by atoms with Crippen LogP contribution in [-0.4, -0.2) is 42.7 Å². The van der Waals surface area contributed by atoms with E-state index in [2.05, 4.69) is 17.1 Å². The number of hydrogen-bond acceptors (Lipinski definition) is 3. The van der Waals surface area contributed by atoms with Crippen LogP contribution >= 0.6 is 11.8 Å². The van der Waals surface area contributed by atoms with Gasteiger partial charge in [-0.05, 0) is 50.6 Å². The number of likely N-dealkylation sites (tertiary alicyclic amines) is 1. The molecule has 1 atom stereocenters. The number of rotatable bonds is 7. The first-order chi connectivity index (χ1) is 10.8. The molecule has 0 bridgehead atoms. The van der Waals surface area contributed by atoms with E-state index in [-0.39, 0.29) is 5.91 Å². The third kappa shape index (κ3) is 4.75. The van der Waals surface area contributed by atoms with E-state index in [0.717, 1.165) is 36.0 Å². The third-order valence-electron chi connectivity index (χ3n) is 4.48. The zero-order valence-corrected chi connectivity index (χ0v) is 14.6. The summed E-state index contributed by atoms with van der Waals surface area (Å²) in [4.78, 5) is 15.9. The largest absolute Gasteiger partial charge is 0.352 e. The number of carbonyl (C=O) groups is 1. The molecular formula is C18H28N2OS. The molecule has 1 aliphatic heterocycles. The summed E-state index contributed by atoms with van der Waals surface area (Å²) >= 11 is 1.62. The predicted octanol–water partition coefficient (Wildman–Crippen LogP) is 3.79. The highest BCUT2D eigenvalue weighted by molar-refractivity contribution is 7.98. The maximum Gasteiger partial charge on any atom is 0.252 e. The highest BCUT2D eigenvalue weighted by Gasteiger charge is 2.19. The molecule has 1 unspecified atom stereocenters. The van der Waals surface area contributed by atoms with E-state index in [1.165, 1.54) is 32.2 Å². The van der Waals surface area contributed by atoms with Crippen LogP contribution in [0.5, 0.6) is 0 Å². The zero-order valence-electron chi connectivity index (χ0n) is 13.8. The van der Waals surface area contributed by atoms with Gasteiger partial charge in [0.25, 0.3) is 5.91 Å². The van der Waals surface area contributed by atoms with Crippen molar-refractivity contribution in [3.8, 4) is 0 Å². The van der Waals surface area contributed by atoms with E-state index in [4.69, 9.17) is 0 Å². The van der Waals surface area contributed by atoms with E-state index < -0.39 is 0 Å². The van der Waals surface area contributed by atoms with Crippen molar-refractivity contribution in [3.05, 3.63) is 29.8 Å². The van der Waals surface area contributed by atoms with Crippen molar-refractivity contribution in [1.82, 2.24) is 10.2 Å². The molecule has 22 heavy (non-hydrogen) atoms. The van der Waals surface area contributed by atoms with Crippen molar-refractivity contribution < 1.29 is 4.79 Å². The van der Waals surface area contributed by atoms with Gasteiger partial charge in [-0.15, -0.1) is 11.8 Å². The van der Waals surface area contributed by atoms with E-state index in [1.807, 2.05) is 30.5 Å². The van der Waals surface area contributed by atoms with Gasteiger partial charge in [0.1, 0.15) is 0 Å². The molecule has 0 aliphatic carbocycles. The van der Waals surface area contributed by atoms with Gasteiger partial charge in [-0.3, -0.25) is 4.79 Å². The predicted molar refractivity (Wildman–Crippen MR) is 94.7 cm³/mol. The number of piperidine rings is 1. The second kappa shape index (κ2) is 9.21. The van der Waals surface area contributed by atoms with Crippen LogP contribution in [0.15, 0.2) is 29.2 Å². The molecule has 3 nitrogen and oxygen atoms in total. The topological polar surface area (TPSA) is 32.3 Å². The maximum absolute atomic E-state index is 12.3. The Kier molecular flexibility index (Phi) is 7.26. The van der Waals surface area contributed by atoms with Gasteiger partial charge in [-0.1, -0.05) is 25.5 Å². The lowest BCUT2D eigenvalue weighted by molar-refractivity contribution is 0.0944. The molecule has 1 aromatic carbocycles. The quantitative estimate of drug-likeness (QED) is 0.613. The summed E-state index contributed by atoms with van der Waals surface area (Å²) < 4.78 is 0. The fraction of sp³-hybridized carbons (Fsp3) is 0.611. The highest BCUT2D eigenvalue weighted by atomic mass is 32.2. The molecule has 4 heteroatoms. The van der Waals surface area contributed by atoms with E-state index in [1.54, 1.807) is 11.8 Å². The molecule has 0 saturated carbocycles. The number of thioether (sulfide) groups is 1. The Hall–Kier alpha value is -1.00. The monoisotopic (exact) mass is 320 g/mol. The van der Waals surface area contributed by atoms with E-state index >= 15 is 0 Å². The van der Waals surface area contributed by atoms with Gasteiger partial charge in [0.15, 0.2) is 0 Å². The Morgan fingerprint density at radius 3 is 2.95 bits per heavy atom. The summed E-state index contributed by atoms with van der Waals surface area (Å²) in [7, 11) is 0. The van der Waals surface area contributed by atoms with Crippen LogP contribution in [0.1, 0.15) is 49.4 Å². The minimum absolute atomic E-state index is 0.0515. The van der Waals surface area contributed by atoms with Crippen molar-refractivity contribution in [2.45, 2.75) is 50.0 Å². The minimum Gasteiger partial charge on any atom is -0.352 e. The Labute approximate surface area is 138 Å². The lowest BCUT2D eigenvalue weighted by Gasteiger charge is -2.35. The lowest BCUT2D eigenvalue weighted by Crippen LogP contribution is -2.40. The third-order valence-corrected chi connectivity index (χ3v) is 5.28. The first-order valence-electron chi connectivity index (χ1n) is 8.41. The summed E-state index contributed by atoms with van der Waals surface area (Å²) in [6.07, 6.45) is 8.32. The highest BCUT2D eigenvalue weighted by Crippen LogP contribution is 2.20. The molecule has 0 aromatic heterocycles. The smallest absolute Gasteiger partial charge is 0.252 e. The number of hydrogen-bond donors (Lipinski definition) is 1. The zero-order chi connectivity index (χ0) is 15.8. The van der Waals surface area contributed by atoms with Crippen molar-refractivity contribution in [2.24, 2.45) is 0 Å². The van der Waals surface area contributed by atoms with Gasteiger partial charge in [0.05, 0.1) is 5.56 Å². The summed E-state index contributed by atoms with van der Waals surface area (Å²) in [6.45, 7) is 5.36. The summed E-state index contributed by atoms with van der Waals surface area (Å²) in [6, 6.07) is 8.55. The number of benzene rings is 1. The van der Waals surface area contributed by atoms with Gasteiger partial charge < -0.3 is 10.2 Å². The average molecular weight is 321 g/mol. The van der Waals surface area contributed by atoms with Crippen molar-refractivity contribution in [2.75, 3.05) is 25.9 Å². The standard InChI is InChI=1S/C18H28N2OS/c1-3-15-9-6-7-13-20(15)14-8-12-19-18(21)16-10-4-5-11-17(16)22-2/h4-5,10-11,15H,3,6-9,12-14H2,1-2H3,(H,19,21). The molecular weight excluding hydrogens is 292 g/mol. The Morgan fingerprint density at radius 2 is 2.18 bits per heavy atom. The molecule has 1 aromatic rings. The SMILES string of the molecule is CCC1CCCCN1CCCNC(=O)c1ccccc1SC. The summed E-state index contributed by atoms with van der Waals surface area (Å²) in [5.41, 5.74) is 0.791. The minimum atomic E-state index is 0.0515. The van der Waals surface area contributed by atoms with Crippen LogP contribution < -0.4 is 5.32 Å². The van der Waals surface area contributed by atoms with Gasteiger partial charge in [-0.2, -0.15) is 0 Å². The van der Waals surface area contributed by atoms with Crippen molar-refractivity contribution in [3.63, 3.8) is 0 Å². The molecule has 1 heterocycles. The second-order valence-corrected chi connectivity index (χ2v) is 6.75. The number of amides is 1. The Bertz CT molecular complexity index is 478. The average Bonchev–Trinajstić information content (AvgIpc) is 2.58. The van der Waals surface area contributed by atoms with E-state index in [9.17, 15) is 4.79 Å². The molecule has 0 radical (unpaired) electrons. The molecule has 1 saturated heterocycles. The first-order valence-corrected chi connectivity index (χ1v) is 9.64. The van der Waals surface area contributed by atoms with Crippen LogP contribution in [0.4, 0.5) is 0 Å². The molecule has 0 spiro atoms. The van der Waals surface area contributed by atoms with Crippen LogP contribution in [0.25, 0.3) is 0 Å². The molecule has 1 aliphatic rings. The molecule has 122 valence electrons. The van der Waals surface area contributed by atoms with Crippen LogP contribution in [0, 0.1) is 0 Å². The number of nitrogens with one attached hydrogen (secondary N) is 1. The molecule has 1 N–H and O–H groups in total. The number of carbonyl (C=O) groups excluding carboxylic acids is 1. The molecule has 1 amide bonds. The van der Waals surface area contributed by atoms with Crippen LogP contribution in [-0.2, 0) is 0 Å².